The average molecular weight is 313 g/mol. The molecule has 4 rings (SSSR count). The van der Waals surface area contributed by atoms with Crippen molar-refractivity contribution >= 4 is 5.95 Å². The summed E-state index contributed by atoms with van der Waals surface area (Å²) in [5.41, 5.74) is 1.16. The summed E-state index contributed by atoms with van der Waals surface area (Å²) >= 11 is 0. The predicted molar refractivity (Wildman–Crippen MR) is 85.2 cm³/mol. The summed E-state index contributed by atoms with van der Waals surface area (Å²) in [7, 11) is 1.76. The van der Waals surface area contributed by atoms with Crippen molar-refractivity contribution in [3.63, 3.8) is 0 Å². The molecule has 0 bridgehead atoms. The molecule has 0 aromatic carbocycles. The van der Waals surface area contributed by atoms with Crippen LogP contribution in [0.5, 0.6) is 0 Å². The second-order valence-corrected chi connectivity index (χ2v) is 6.13. The van der Waals surface area contributed by atoms with E-state index in [4.69, 9.17) is 4.74 Å². The standard InChI is InChI=1S/C16H19N5O2/c1-20-15(22)8-13(12-4-5-17-10-18-12)19-16(20)21-6-7-23-14(9-21)11-2-3-11/h4-5,8,10-11,14H,2-3,6-7,9H2,1H3. The van der Waals surface area contributed by atoms with Crippen molar-refractivity contribution in [3.8, 4) is 11.4 Å². The van der Waals surface area contributed by atoms with Gasteiger partial charge in [-0.05, 0) is 24.8 Å². The van der Waals surface area contributed by atoms with E-state index in [0.717, 1.165) is 13.1 Å². The van der Waals surface area contributed by atoms with Crippen LogP contribution in [0, 0.1) is 5.92 Å². The van der Waals surface area contributed by atoms with Gasteiger partial charge in [-0.15, -0.1) is 0 Å². The Kier molecular flexibility index (Phi) is 3.57. The second kappa shape index (κ2) is 5.73. The lowest BCUT2D eigenvalue weighted by atomic mass is 10.2. The lowest BCUT2D eigenvalue weighted by molar-refractivity contribution is 0.0256. The molecule has 120 valence electrons. The molecular weight excluding hydrogens is 294 g/mol. The molecule has 1 aliphatic carbocycles. The fourth-order valence-corrected chi connectivity index (χ4v) is 2.99. The van der Waals surface area contributed by atoms with Gasteiger partial charge in [-0.25, -0.2) is 15.0 Å². The van der Waals surface area contributed by atoms with E-state index in [0.29, 0.717) is 29.9 Å². The van der Waals surface area contributed by atoms with Crippen molar-refractivity contribution < 1.29 is 4.74 Å². The molecule has 1 saturated heterocycles. The zero-order valence-electron chi connectivity index (χ0n) is 13.1. The molecule has 23 heavy (non-hydrogen) atoms. The van der Waals surface area contributed by atoms with E-state index in [1.54, 1.807) is 23.9 Å². The minimum atomic E-state index is -0.0851. The Bertz CT molecular complexity index is 757. The van der Waals surface area contributed by atoms with Gasteiger partial charge in [0.05, 0.1) is 24.1 Å². The molecule has 3 heterocycles. The van der Waals surface area contributed by atoms with Gasteiger partial charge in [0, 0.05) is 32.4 Å². The van der Waals surface area contributed by atoms with Crippen LogP contribution in [-0.2, 0) is 11.8 Å². The van der Waals surface area contributed by atoms with Crippen molar-refractivity contribution in [2.24, 2.45) is 13.0 Å². The molecule has 2 fully saturated rings. The number of rotatable bonds is 3. The van der Waals surface area contributed by atoms with Crippen molar-refractivity contribution in [2.75, 3.05) is 24.6 Å². The molecule has 0 spiro atoms. The number of morpholine rings is 1. The summed E-state index contributed by atoms with van der Waals surface area (Å²) in [5, 5.41) is 0. The SMILES string of the molecule is Cn1c(N2CCOC(C3CC3)C2)nc(-c2ccncn2)cc1=O. The van der Waals surface area contributed by atoms with Crippen molar-refractivity contribution in [2.45, 2.75) is 18.9 Å². The number of hydrogen-bond donors (Lipinski definition) is 0. The maximum atomic E-state index is 12.3. The average Bonchev–Trinajstić information content (AvgIpc) is 3.43. The van der Waals surface area contributed by atoms with E-state index in [1.165, 1.54) is 25.2 Å². The lowest BCUT2D eigenvalue weighted by Crippen LogP contribution is -2.45. The van der Waals surface area contributed by atoms with Crippen LogP contribution in [0.2, 0.25) is 0 Å². The van der Waals surface area contributed by atoms with Crippen LogP contribution in [0.25, 0.3) is 11.4 Å². The highest BCUT2D eigenvalue weighted by molar-refractivity contribution is 5.55. The highest BCUT2D eigenvalue weighted by Crippen LogP contribution is 2.36. The van der Waals surface area contributed by atoms with Crippen LogP contribution in [-0.4, -0.2) is 45.3 Å². The lowest BCUT2D eigenvalue weighted by Gasteiger charge is -2.34. The van der Waals surface area contributed by atoms with E-state index in [9.17, 15) is 4.79 Å². The van der Waals surface area contributed by atoms with Gasteiger partial charge in [-0.2, -0.15) is 0 Å². The molecule has 2 aromatic heterocycles. The third kappa shape index (κ3) is 2.84. The molecule has 2 aliphatic rings. The van der Waals surface area contributed by atoms with Gasteiger partial charge in [0.15, 0.2) is 0 Å². The number of anilines is 1. The molecule has 7 heteroatoms. The zero-order valence-corrected chi connectivity index (χ0v) is 13.1. The third-order valence-corrected chi connectivity index (χ3v) is 4.48. The van der Waals surface area contributed by atoms with Crippen LogP contribution in [0.1, 0.15) is 12.8 Å². The maximum Gasteiger partial charge on any atom is 0.255 e. The molecule has 1 saturated carbocycles. The van der Waals surface area contributed by atoms with Crippen LogP contribution in [0.4, 0.5) is 5.95 Å². The summed E-state index contributed by atoms with van der Waals surface area (Å²) < 4.78 is 7.46. The van der Waals surface area contributed by atoms with Crippen LogP contribution >= 0.6 is 0 Å². The molecule has 1 aliphatic heterocycles. The monoisotopic (exact) mass is 313 g/mol. The Morgan fingerprint density at radius 2 is 2.17 bits per heavy atom. The molecule has 0 N–H and O–H groups in total. The summed E-state index contributed by atoms with van der Waals surface area (Å²) in [5.74, 6) is 1.35. The minimum absolute atomic E-state index is 0.0851. The number of hydrogen-bond acceptors (Lipinski definition) is 6. The Balaban J connectivity index is 1.69. The molecule has 2 aromatic rings. The number of nitrogens with zero attached hydrogens (tertiary/aromatic N) is 5. The highest BCUT2D eigenvalue weighted by Gasteiger charge is 2.36. The topological polar surface area (TPSA) is 73.1 Å². The Labute approximate surface area is 134 Å². The van der Waals surface area contributed by atoms with Gasteiger partial charge in [0.25, 0.3) is 5.56 Å². The fraction of sp³-hybridized carbons (Fsp3) is 0.500. The minimum Gasteiger partial charge on any atom is -0.374 e. The maximum absolute atomic E-state index is 12.3. The van der Waals surface area contributed by atoms with E-state index >= 15 is 0 Å². The van der Waals surface area contributed by atoms with E-state index < -0.39 is 0 Å². The van der Waals surface area contributed by atoms with Crippen molar-refractivity contribution in [1.29, 1.82) is 0 Å². The Hall–Kier alpha value is -2.28. The van der Waals surface area contributed by atoms with E-state index in [1.807, 2.05) is 0 Å². The largest absolute Gasteiger partial charge is 0.374 e. The molecule has 0 radical (unpaired) electrons. The van der Waals surface area contributed by atoms with Crippen molar-refractivity contribution in [3.05, 3.63) is 35.0 Å². The Morgan fingerprint density at radius 3 is 2.91 bits per heavy atom. The fourth-order valence-electron chi connectivity index (χ4n) is 2.99. The highest BCUT2D eigenvalue weighted by atomic mass is 16.5. The molecule has 0 amide bonds. The number of aromatic nitrogens is 4. The predicted octanol–water partition coefficient (Wildman–Crippen LogP) is 0.853. The smallest absolute Gasteiger partial charge is 0.255 e. The van der Waals surface area contributed by atoms with Gasteiger partial charge < -0.3 is 9.64 Å². The quantitative estimate of drug-likeness (QED) is 0.836. The summed E-state index contributed by atoms with van der Waals surface area (Å²) in [6.45, 7) is 2.21. The van der Waals surface area contributed by atoms with Crippen molar-refractivity contribution in [1.82, 2.24) is 19.5 Å². The van der Waals surface area contributed by atoms with Gasteiger partial charge in [0.2, 0.25) is 5.95 Å². The van der Waals surface area contributed by atoms with Crippen LogP contribution in [0.3, 0.4) is 0 Å². The first-order valence-corrected chi connectivity index (χ1v) is 7.93. The first-order chi connectivity index (χ1) is 11.2. The van der Waals surface area contributed by atoms with Gasteiger partial charge in [-0.1, -0.05) is 0 Å². The van der Waals surface area contributed by atoms with E-state index in [-0.39, 0.29) is 11.7 Å². The zero-order chi connectivity index (χ0) is 15.8. The summed E-state index contributed by atoms with van der Waals surface area (Å²) in [6.07, 6.45) is 5.85. The van der Waals surface area contributed by atoms with Gasteiger partial charge in [-0.3, -0.25) is 9.36 Å². The van der Waals surface area contributed by atoms with Crippen LogP contribution < -0.4 is 10.5 Å². The molecule has 7 nitrogen and oxygen atoms in total. The van der Waals surface area contributed by atoms with E-state index in [2.05, 4.69) is 19.9 Å². The van der Waals surface area contributed by atoms with Gasteiger partial charge >= 0.3 is 0 Å². The summed E-state index contributed by atoms with van der Waals surface area (Å²) in [4.78, 5) is 27.3. The molecular formula is C16H19N5O2. The first-order valence-electron chi connectivity index (χ1n) is 7.93. The summed E-state index contributed by atoms with van der Waals surface area (Å²) in [6, 6.07) is 3.28. The van der Waals surface area contributed by atoms with Crippen LogP contribution in [0.15, 0.2) is 29.5 Å². The molecule has 1 atom stereocenters. The number of ether oxygens (including phenoxy) is 1. The first kappa shape index (κ1) is 14.3. The Morgan fingerprint density at radius 1 is 1.30 bits per heavy atom. The third-order valence-electron chi connectivity index (χ3n) is 4.48. The van der Waals surface area contributed by atoms with Gasteiger partial charge in [0.1, 0.15) is 6.33 Å². The normalized spacial score (nSPS) is 21.4. The second-order valence-electron chi connectivity index (χ2n) is 6.13. The molecule has 1 unspecified atom stereocenters.